The molecule has 5 rings (SSSR count). The molecule has 40 heavy (non-hydrogen) atoms. The minimum Gasteiger partial charge on any atom is -0.497 e. The van der Waals surface area contributed by atoms with E-state index >= 15 is 0 Å². The Hall–Kier alpha value is -3.67. The Bertz CT molecular complexity index is 1470. The highest BCUT2D eigenvalue weighted by Crippen LogP contribution is 2.38. The van der Waals surface area contributed by atoms with E-state index in [1.165, 1.54) is 13.2 Å². The van der Waals surface area contributed by atoms with Crippen molar-refractivity contribution in [2.45, 2.75) is 19.0 Å². The van der Waals surface area contributed by atoms with Crippen molar-refractivity contribution < 1.29 is 19.0 Å². The van der Waals surface area contributed by atoms with Gasteiger partial charge in [0.2, 0.25) is 11.9 Å². The summed E-state index contributed by atoms with van der Waals surface area (Å²) in [7, 11) is 3.06. The molecule has 0 aliphatic carbocycles. The normalized spacial score (nSPS) is 15.4. The average molecular weight is 569 g/mol. The Labute approximate surface area is 237 Å². The highest BCUT2D eigenvalue weighted by atomic mass is 35.5. The van der Waals surface area contributed by atoms with Gasteiger partial charge in [-0.15, -0.1) is 0 Å². The van der Waals surface area contributed by atoms with Gasteiger partial charge < -0.3 is 29.7 Å². The summed E-state index contributed by atoms with van der Waals surface area (Å²) in [4.78, 5) is 36.7. The number of nitrogens with one attached hydrogen (secondary N) is 2. The number of benzene rings is 1. The molecule has 0 unspecified atom stereocenters. The number of likely N-dealkylation sites (tertiary alicyclic amines) is 1. The van der Waals surface area contributed by atoms with E-state index in [-0.39, 0.29) is 17.5 Å². The molecule has 0 radical (unpaired) electrons. The molecule has 1 aromatic carbocycles. The predicted octanol–water partition coefficient (Wildman–Crippen LogP) is 2.56. The quantitative estimate of drug-likeness (QED) is 0.318. The number of nitrogens with zero attached hydrogens (tertiary/aromatic N) is 4. The molecule has 3 aromatic rings. The molecule has 0 saturated carbocycles. The summed E-state index contributed by atoms with van der Waals surface area (Å²) in [5, 5.41) is 7.70. The van der Waals surface area contributed by atoms with Crippen molar-refractivity contribution in [3.8, 4) is 22.6 Å². The van der Waals surface area contributed by atoms with Crippen LogP contribution < -0.4 is 25.7 Å². The third-order valence-electron chi connectivity index (χ3n) is 7.26. The Morgan fingerprint density at radius 1 is 1.20 bits per heavy atom. The van der Waals surface area contributed by atoms with Crippen molar-refractivity contribution in [2.75, 3.05) is 58.9 Å². The number of carbonyl (C=O) groups is 1. The first-order valence-electron chi connectivity index (χ1n) is 13.2. The number of methoxy groups -OCH3 is 2. The topological polar surface area (TPSA) is 120 Å². The van der Waals surface area contributed by atoms with Gasteiger partial charge in [0.1, 0.15) is 17.1 Å². The molecule has 4 heterocycles. The van der Waals surface area contributed by atoms with Crippen LogP contribution in [0.25, 0.3) is 22.2 Å². The number of amides is 1. The fourth-order valence-corrected chi connectivity index (χ4v) is 5.10. The van der Waals surface area contributed by atoms with E-state index in [0.29, 0.717) is 83.3 Å². The SMILES string of the molecule is C=CC(=O)N1CC(NCCn2c(=O)c(-c3cc(OC)cc(OC)c3Cl)cc3cnc(NCCC4COC4)nc32)C1. The number of hydrogen-bond acceptors (Lipinski definition) is 9. The van der Waals surface area contributed by atoms with Gasteiger partial charge in [0, 0.05) is 73.5 Å². The second-order valence-electron chi connectivity index (χ2n) is 9.90. The van der Waals surface area contributed by atoms with Crippen molar-refractivity contribution in [1.29, 1.82) is 0 Å². The van der Waals surface area contributed by atoms with Crippen LogP contribution in [0.15, 0.2) is 41.8 Å². The summed E-state index contributed by atoms with van der Waals surface area (Å²) in [5.74, 6) is 1.84. The van der Waals surface area contributed by atoms with Gasteiger partial charge in [-0.3, -0.25) is 14.2 Å². The second-order valence-corrected chi connectivity index (χ2v) is 10.3. The maximum absolute atomic E-state index is 14.0. The number of anilines is 1. The number of rotatable bonds is 12. The van der Waals surface area contributed by atoms with Crippen molar-refractivity contribution in [3.05, 3.63) is 52.4 Å². The average Bonchev–Trinajstić information content (AvgIpc) is 2.92. The van der Waals surface area contributed by atoms with Crippen LogP contribution in [-0.4, -0.2) is 85.0 Å². The smallest absolute Gasteiger partial charge is 0.260 e. The van der Waals surface area contributed by atoms with Crippen LogP contribution in [0.3, 0.4) is 0 Å². The molecular formula is C28H33ClN6O5. The first-order chi connectivity index (χ1) is 19.4. The summed E-state index contributed by atoms with van der Waals surface area (Å²) in [6, 6.07) is 5.29. The first-order valence-corrected chi connectivity index (χ1v) is 13.6. The molecule has 2 N–H and O–H groups in total. The molecule has 2 aliphatic heterocycles. The highest BCUT2D eigenvalue weighted by molar-refractivity contribution is 6.35. The van der Waals surface area contributed by atoms with Gasteiger partial charge in [-0.05, 0) is 24.6 Å². The van der Waals surface area contributed by atoms with E-state index in [4.69, 9.17) is 30.8 Å². The number of hydrogen-bond donors (Lipinski definition) is 2. The summed E-state index contributed by atoms with van der Waals surface area (Å²) in [6.45, 7) is 7.87. The maximum Gasteiger partial charge on any atom is 0.260 e. The van der Waals surface area contributed by atoms with Crippen molar-refractivity contribution >= 4 is 34.5 Å². The zero-order valence-corrected chi connectivity index (χ0v) is 23.4. The van der Waals surface area contributed by atoms with E-state index < -0.39 is 0 Å². The fourth-order valence-electron chi connectivity index (χ4n) is 4.82. The Balaban J connectivity index is 1.45. The summed E-state index contributed by atoms with van der Waals surface area (Å²) < 4.78 is 17.7. The van der Waals surface area contributed by atoms with Crippen LogP contribution in [0.5, 0.6) is 11.5 Å². The third-order valence-corrected chi connectivity index (χ3v) is 7.65. The molecule has 11 nitrogen and oxygen atoms in total. The van der Waals surface area contributed by atoms with Crippen LogP contribution in [0.2, 0.25) is 5.02 Å². The first kappa shape index (κ1) is 27.9. The number of aromatic nitrogens is 3. The molecule has 0 spiro atoms. The molecule has 0 atom stereocenters. The molecule has 0 bridgehead atoms. The fraction of sp³-hybridized carbons (Fsp3) is 0.429. The summed E-state index contributed by atoms with van der Waals surface area (Å²) in [5.41, 5.74) is 1.15. The van der Waals surface area contributed by atoms with Crippen molar-refractivity contribution in [1.82, 2.24) is 24.8 Å². The van der Waals surface area contributed by atoms with Crippen LogP contribution in [-0.2, 0) is 16.1 Å². The van der Waals surface area contributed by atoms with Gasteiger partial charge >= 0.3 is 0 Å². The largest absolute Gasteiger partial charge is 0.497 e. The lowest BCUT2D eigenvalue weighted by atomic mass is 10.0. The monoisotopic (exact) mass is 568 g/mol. The number of carbonyl (C=O) groups excluding carboxylic acids is 1. The van der Waals surface area contributed by atoms with Crippen LogP contribution in [0, 0.1) is 5.92 Å². The van der Waals surface area contributed by atoms with E-state index in [0.717, 1.165) is 19.6 Å². The van der Waals surface area contributed by atoms with Crippen LogP contribution >= 0.6 is 11.6 Å². The zero-order chi connectivity index (χ0) is 28.2. The Morgan fingerprint density at radius 3 is 2.67 bits per heavy atom. The van der Waals surface area contributed by atoms with Crippen LogP contribution in [0.4, 0.5) is 5.95 Å². The van der Waals surface area contributed by atoms with Gasteiger partial charge in [-0.2, -0.15) is 4.98 Å². The van der Waals surface area contributed by atoms with E-state index in [1.807, 2.05) is 0 Å². The Morgan fingerprint density at radius 2 is 2.00 bits per heavy atom. The lowest BCUT2D eigenvalue weighted by Gasteiger charge is -2.39. The van der Waals surface area contributed by atoms with Crippen molar-refractivity contribution in [3.63, 3.8) is 0 Å². The molecule has 12 heteroatoms. The van der Waals surface area contributed by atoms with Gasteiger partial charge in [0.15, 0.2) is 0 Å². The van der Waals surface area contributed by atoms with Crippen LogP contribution in [0.1, 0.15) is 6.42 Å². The van der Waals surface area contributed by atoms with Gasteiger partial charge in [0.05, 0.1) is 32.5 Å². The standard InChI is InChI=1S/C28H33ClN6O5/c1-4-24(36)34-13-19(14-34)30-7-8-35-26-18(12-32-28(33-26)31-6-5-17-15-40-16-17)9-22(27(35)37)21-10-20(38-2)11-23(39-3)25(21)29/h4,9-12,17,19,30H,1,5-8,13-16H2,2-3H3,(H,31,32,33). The second kappa shape index (κ2) is 12.2. The third kappa shape index (κ3) is 5.77. The minimum absolute atomic E-state index is 0.0832. The van der Waals surface area contributed by atoms with Gasteiger partial charge in [0.25, 0.3) is 5.56 Å². The highest BCUT2D eigenvalue weighted by Gasteiger charge is 2.28. The minimum atomic E-state index is -0.250. The molecule has 2 aromatic heterocycles. The van der Waals surface area contributed by atoms with Gasteiger partial charge in [-0.25, -0.2) is 4.98 Å². The molecule has 1 amide bonds. The lowest BCUT2D eigenvalue weighted by Crippen LogP contribution is -2.59. The number of halogens is 1. The molecule has 212 valence electrons. The molecular weight excluding hydrogens is 536 g/mol. The van der Waals surface area contributed by atoms with E-state index in [1.54, 1.807) is 41.0 Å². The van der Waals surface area contributed by atoms with Gasteiger partial charge in [-0.1, -0.05) is 18.2 Å². The van der Waals surface area contributed by atoms with E-state index in [9.17, 15) is 9.59 Å². The summed E-state index contributed by atoms with van der Waals surface area (Å²) in [6.07, 6.45) is 3.98. The molecule has 2 fully saturated rings. The van der Waals surface area contributed by atoms with Crippen molar-refractivity contribution in [2.24, 2.45) is 5.92 Å². The van der Waals surface area contributed by atoms with E-state index in [2.05, 4.69) is 22.2 Å². The molecule has 2 saturated heterocycles. The molecule has 2 aliphatic rings. The number of pyridine rings is 1. The summed E-state index contributed by atoms with van der Waals surface area (Å²) >= 11 is 6.67. The Kier molecular flexibility index (Phi) is 8.53. The zero-order valence-electron chi connectivity index (χ0n) is 22.6. The number of fused-ring (bicyclic) bond motifs is 1. The number of ether oxygens (including phenoxy) is 3. The lowest BCUT2D eigenvalue weighted by molar-refractivity contribution is -0.130. The predicted molar refractivity (Wildman–Crippen MR) is 153 cm³/mol. The maximum atomic E-state index is 14.0.